The predicted molar refractivity (Wildman–Crippen MR) is 89.0 cm³/mol. The molecule has 1 aromatic carbocycles. The van der Waals surface area contributed by atoms with Gasteiger partial charge in [-0.2, -0.15) is 0 Å². The lowest BCUT2D eigenvalue weighted by atomic mass is 9.88. The molecule has 2 fully saturated rings. The number of halogens is 1. The topological polar surface area (TPSA) is 33.7 Å². The third-order valence-corrected chi connectivity index (χ3v) is 5.19. The maximum absolute atomic E-state index is 5.54. The van der Waals surface area contributed by atoms with Gasteiger partial charge in [-0.3, -0.25) is 4.90 Å². The van der Waals surface area contributed by atoms with Crippen molar-refractivity contribution >= 4 is 12.4 Å². The smallest absolute Gasteiger partial charge is 0.231 e. The fourth-order valence-electron chi connectivity index (χ4n) is 4.01. The molecule has 1 N–H and O–H groups in total. The van der Waals surface area contributed by atoms with E-state index in [4.69, 9.17) is 9.47 Å². The van der Waals surface area contributed by atoms with Crippen LogP contribution in [-0.4, -0.2) is 37.9 Å². The number of nitrogens with one attached hydrogen (secondary N) is 1. The Balaban J connectivity index is 0.00000144. The molecule has 0 radical (unpaired) electrons. The predicted octanol–water partition coefficient (Wildman–Crippen LogP) is 2.97. The van der Waals surface area contributed by atoms with Crippen LogP contribution in [0.3, 0.4) is 0 Å². The van der Waals surface area contributed by atoms with Crippen LogP contribution in [0.1, 0.15) is 37.8 Å². The van der Waals surface area contributed by atoms with E-state index in [0.29, 0.717) is 18.2 Å². The zero-order valence-electron chi connectivity index (χ0n) is 13.1. The fourth-order valence-corrected chi connectivity index (χ4v) is 4.01. The normalized spacial score (nSPS) is 30.5. The largest absolute Gasteiger partial charge is 0.454 e. The molecule has 0 aromatic heterocycles. The van der Waals surface area contributed by atoms with E-state index in [1.807, 2.05) is 0 Å². The van der Waals surface area contributed by atoms with Gasteiger partial charge < -0.3 is 14.8 Å². The van der Waals surface area contributed by atoms with Gasteiger partial charge in [0.2, 0.25) is 6.79 Å². The molecule has 1 aromatic rings. The van der Waals surface area contributed by atoms with Crippen LogP contribution >= 0.6 is 12.4 Å². The second-order valence-electron chi connectivity index (χ2n) is 6.98. The van der Waals surface area contributed by atoms with Crippen LogP contribution in [0.25, 0.3) is 0 Å². The Morgan fingerprint density at radius 1 is 1.32 bits per heavy atom. The quantitative estimate of drug-likeness (QED) is 0.927. The van der Waals surface area contributed by atoms with Crippen molar-refractivity contribution < 1.29 is 9.47 Å². The zero-order valence-corrected chi connectivity index (χ0v) is 14.0. The average molecular weight is 325 g/mol. The highest BCUT2D eigenvalue weighted by Gasteiger charge is 2.35. The summed E-state index contributed by atoms with van der Waals surface area (Å²) in [4.78, 5) is 2.67. The number of hydrogen-bond donors (Lipinski definition) is 1. The molecule has 3 aliphatic heterocycles. The van der Waals surface area contributed by atoms with E-state index in [-0.39, 0.29) is 12.4 Å². The third kappa shape index (κ3) is 2.92. The summed E-state index contributed by atoms with van der Waals surface area (Å²) < 4.78 is 11.0. The monoisotopic (exact) mass is 324 g/mol. The van der Waals surface area contributed by atoms with Crippen molar-refractivity contribution in [1.82, 2.24) is 10.2 Å². The molecule has 122 valence electrons. The highest BCUT2D eigenvalue weighted by molar-refractivity contribution is 5.85. The Labute approximate surface area is 138 Å². The first-order valence-electron chi connectivity index (χ1n) is 8.08. The van der Waals surface area contributed by atoms with E-state index in [2.05, 4.69) is 35.3 Å². The molecule has 22 heavy (non-hydrogen) atoms. The van der Waals surface area contributed by atoms with Crippen LogP contribution in [-0.2, 0) is 0 Å². The standard InChI is InChI=1S/C17H24N2O2.ClH/c1-17(6-7-18-10-17)11-19-8-2-3-14(19)13-4-5-15-16(9-13)21-12-20-15;/h4-5,9,14,18H,2-3,6-8,10-12H2,1H3;1H. The Kier molecular flexibility index (Phi) is 4.53. The highest BCUT2D eigenvalue weighted by atomic mass is 35.5. The summed E-state index contributed by atoms with van der Waals surface area (Å²) in [6, 6.07) is 7.00. The summed E-state index contributed by atoms with van der Waals surface area (Å²) in [5.41, 5.74) is 1.81. The van der Waals surface area contributed by atoms with Crippen molar-refractivity contribution in [3.63, 3.8) is 0 Å². The summed E-state index contributed by atoms with van der Waals surface area (Å²) >= 11 is 0. The van der Waals surface area contributed by atoms with E-state index >= 15 is 0 Å². The van der Waals surface area contributed by atoms with Gasteiger partial charge in [-0.05, 0) is 55.5 Å². The Hall–Kier alpha value is -0.970. The van der Waals surface area contributed by atoms with Crippen molar-refractivity contribution in [2.24, 2.45) is 5.41 Å². The molecule has 0 amide bonds. The molecule has 5 heteroatoms. The van der Waals surface area contributed by atoms with Crippen LogP contribution in [0.15, 0.2) is 18.2 Å². The molecule has 4 rings (SSSR count). The SMILES string of the molecule is CC1(CN2CCCC2c2ccc3c(c2)OCO3)CCNC1.Cl. The maximum atomic E-state index is 5.54. The van der Waals surface area contributed by atoms with Crippen molar-refractivity contribution in [2.45, 2.75) is 32.2 Å². The molecule has 2 atom stereocenters. The van der Waals surface area contributed by atoms with Crippen LogP contribution in [0.5, 0.6) is 11.5 Å². The van der Waals surface area contributed by atoms with Crippen LogP contribution in [0.2, 0.25) is 0 Å². The third-order valence-electron chi connectivity index (χ3n) is 5.19. The summed E-state index contributed by atoms with van der Waals surface area (Å²) in [7, 11) is 0. The molecule has 0 saturated carbocycles. The van der Waals surface area contributed by atoms with Gasteiger partial charge >= 0.3 is 0 Å². The van der Waals surface area contributed by atoms with Gasteiger partial charge in [0, 0.05) is 19.1 Å². The Morgan fingerprint density at radius 2 is 2.18 bits per heavy atom. The van der Waals surface area contributed by atoms with E-state index in [9.17, 15) is 0 Å². The van der Waals surface area contributed by atoms with Crippen LogP contribution < -0.4 is 14.8 Å². The molecule has 3 heterocycles. The summed E-state index contributed by atoms with van der Waals surface area (Å²) in [6.45, 7) is 7.50. The number of ether oxygens (including phenoxy) is 2. The molecule has 0 spiro atoms. The van der Waals surface area contributed by atoms with Crippen molar-refractivity contribution in [2.75, 3.05) is 33.0 Å². The van der Waals surface area contributed by atoms with Gasteiger partial charge in [0.25, 0.3) is 0 Å². The van der Waals surface area contributed by atoms with Gasteiger partial charge in [0.05, 0.1) is 0 Å². The minimum atomic E-state index is 0. The van der Waals surface area contributed by atoms with E-state index in [0.717, 1.165) is 18.0 Å². The number of hydrogen-bond acceptors (Lipinski definition) is 4. The van der Waals surface area contributed by atoms with Crippen LogP contribution in [0, 0.1) is 5.41 Å². The minimum Gasteiger partial charge on any atom is -0.454 e. The molecule has 2 saturated heterocycles. The van der Waals surface area contributed by atoms with Crippen molar-refractivity contribution in [3.05, 3.63) is 23.8 Å². The van der Waals surface area contributed by atoms with Gasteiger partial charge in [0.15, 0.2) is 11.5 Å². The van der Waals surface area contributed by atoms with Crippen molar-refractivity contribution in [1.29, 1.82) is 0 Å². The average Bonchev–Trinajstić information content (AvgIpc) is 3.18. The van der Waals surface area contributed by atoms with E-state index in [1.54, 1.807) is 0 Å². The number of likely N-dealkylation sites (tertiary alicyclic amines) is 1. The number of nitrogens with zero attached hydrogens (tertiary/aromatic N) is 1. The first-order chi connectivity index (χ1) is 10.2. The first kappa shape index (κ1) is 15.9. The highest BCUT2D eigenvalue weighted by Crippen LogP contribution is 2.40. The lowest BCUT2D eigenvalue weighted by Gasteiger charge is -2.33. The van der Waals surface area contributed by atoms with Gasteiger partial charge in [0.1, 0.15) is 0 Å². The molecular weight excluding hydrogens is 300 g/mol. The van der Waals surface area contributed by atoms with Gasteiger partial charge in [-0.25, -0.2) is 0 Å². The molecular formula is C17H25ClN2O2. The lowest BCUT2D eigenvalue weighted by molar-refractivity contribution is 0.164. The Morgan fingerprint density at radius 3 is 3.00 bits per heavy atom. The van der Waals surface area contributed by atoms with Crippen molar-refractivity contribution in [3.8, 4) is 11.5 Å². The number of benzene rings is 1. The number of rotatable bonds is 3. The second kappa shape index (κ2) is 6.26. The van der Waals surface area contributed by atoms with E-state index in [1.165, 1.54) is 44.5 Å². The second-order valence-corrected chi connectivity index (χ2v) is 6.98. The molecule has 2 unspecified atom stereocenters. The van der Waals surface area contributed by atoms with Gasteiger partial charge in [-0.15, -0.1) is 12.4 Å². The minimum absolute atomic E-state index is 0. The van der Waals surface area contributed by atoms with Gasteiger partial charge in [-0.1, -0.05) is 13.0 Å². The molecule has 0 aliphatic carbocycles. The lowest BCUT2D eigenvalue weighted by Crippen LogP contribution is -2.37. The molecule has 4 nitrogen and oxygen atoms in total. The maximum Gasteiger partial charge on any atom is 0.231 e. The first-order valence-corrected chi connectivity index (χ1v) is 8.08. The molecule has 0 bridgehead atoms. The summed E-state index contributed by atoms with van der Waals surface area (Å²) in [5, 5.41) is 3.51. The van der Waals surface area contributed by atoms with Crippen LogP contribution in [0.4, 0.5) is 0 Å². The Bertz CT molecular complexity index is 531. The van der Waals surface area contributed by atoms with E-state index < -0.39 is 0 Å². The molecule has 3 aliphatic rings. The summed E-state index contributed by atoms with van der Waals surface area (Å²) in [6.07, 6.45) is 3.84. The number of fused-ring (bicyclic) bond motifs is 1. The fraction of sp³-hybridized carbons (Fsp3) is 0.647. The summed E-state index contributed by atoms with van der Waals surface area (Å²) in [5.74, 6) is 1.79. The zero-order chi connectivity index (χ0) is 14.3.